The van der Waals surface area contributed by atoms with Gasteiger partial charge in [-0.15, -0.1) is 11.3 Å². The van der Waals surface area contributed by atoms with Crippen LogP contribution >= 0.6 is 34.7 Å². The number of rotatable bonds is 6. The van der Waals surface area contributed by atoms with Gasteiger partial charge in [-0.2, -0.15) is 4.99 Å². The van der Waals surface area contributed by atoms with Gasteiger partial charge in [0.05, 0.1) is 10.6 Å². The number of para-hydroxylation sites is 1. The lowest BCUT2D eigenvalue weighted by Crippen LogP contribution is -2.28. The first kappa shape index (κ1) is 22.4. The summed E-state index contributed by atoms with van der Waals surface area (Å²) in [5, 5.41) is 3.74. The molecule has 0 atom stereocenters. The topological polar surface area (TPSA) is 54.8 Å². The fraction of sp³-hybridized carbons (Fsp3) is 0.0385. The molecular formula is C26H18ClN3O2S2. The van der Waals surface area contributed by atoms with Gasteiger partial charge in [0.15, 0.2) is 5.17 Å². The molecule has 1 aromatic heterocycles. The first-order valence-corrected chi connectivity index (χ1v) is 12.5. The Balaban J connectivity index is 1.40. The van der Waals surface area contributed by atoms with Gasteiger partial charge in [0.1, 0.15) is 12.4 Å². The lowest BCUT2D eigenvalue weighted by atomic mass is 10.2. The monoisotopic (exact) mass is 503 g/mol. The quantitative estimate of drug-likeness (QED) is 0.261. The Morgan fingerprint density at radius 1 is 1.03 bits per heavy atom. The van der Waals surface area contributed by atoms with Gasteiger partial charge in [0.2, 0.25) is 5.13 Å². The number of benzene rings is 3. The molecule has 5 nitrogen and oxygen atoms in total. The van der Waals surface area contributed by atoms with Gasteiger partial charge in [-0.25, -0.2) is 4.98 Å². The fourth-order valence-electron chi connectivity index (χ4n) is 3.30. The molecule has 1 aliphatic heterocycles. The Bertz CT molecular complexity index is 1350. The van der Waals surface area contributed by atoms with Crippen molar-refractivity contribution in [2.75, 3.05) is 4.90 Å². The van der Waals surface area contributed by atoms with Crippen molar-refractivity contribution in [3.63, 3.8) is 0 Å². The number of hydrogen-bond acceptors (Lipinski definition) is 6. The number of hydrogen-bond donors (Lipinski definition) is 0. The fourth-order valence-corrected chi connectivity index (χ4v) is 4.97. The Morgan fingerprint density at radius 2 is 1.85 bits per heavy atom. The van der Waals surface area contributed by atoms with Crippen molar-refractivity contribution in [1.82, 2.24) is 4.98 Å². The number of amidine groups is 1. The minimum Gasteiger partial charge on any atom is -0.489 e. The highest BCUT2D eigenvalue weighted by Gasteiger charge is 2.34. The maximum Gasteiger partial charge on any atom is 0.271 e. The highest BCUT2D eigenvalue weighted by molar-refractivity contribution is 8.19. The molecule has 0 saturated carbocycles. The minimum atomic E-state index is -0.126. The maximum absolute atomic E-state index is 13.4. The number of carbonyl (C=O) groups is 1. The second-order valence-corrected chi connectivity index (χ2v) is 9.60. The number of amides is 1. The third-order valence-electron chi connectivity index (χ3n) is 4.91. The third kappa shape index (κ3) is 5.22. The van der Waals surface area contributed by atoms with E-state index in [9.17, 15) is 4.79 Å². The number of thioether (sulfide) groups is 1. The molecule has 2 heterocycles. The molecule has 4 aromatic rings. The van der Waals surface area contributed by atoms with Crippen molar-refractivity contribution in [3.05, 3.63) is 111 Å². The summed E-state index contributed by atoms with van der Waals surface area (Å²) in [5.74, 6) is 0.593. The summed E-state index contributed by atoms with van der Waals surface area (Å²) < 4.78 is 5.94. The predicted molar refractivity (Wildman–Crippen MR) is 141 cm³/mol. The molecule has 5 rings (SSSR count). The van der Waals surface area contributed by atoms with E-state index in [1.807, 2.05) is 90.3 Å². The molecule has 0 spiro atoms. The summed E-state index contributed by atoms with van der Waals surface area (Å²) in [6.45, 7) is 0.428. The first-order chi connectivity index (χ1) is 16.7. The van der Waals surface area contributed by atoms with Crippen LogP contribution in [-0.4, -0.2) is 16.1 Å². The number of anilines is 1. The number of aromatic nitrogens is 1. The van der Waals surface area contributed by atoms with Crippen LogP contribution in [0, 0.1) is 0 Å². The van der Waals surface area contributed by atoms with Crippen LogP contribution in [0.25, 0.3) is 6.08 Å². The van der Waals surface area contributed by atoms with E-state index in [4.69, 9.17) is 16.3 Å². The molecule has 34 heavy (non-hydrogen) atoms. The Labute approximate surface area is 210 Å². The van der Waals surface area contributed by atoms with Crippen molar-refractivity contribution in [2.24, 2.45) is 4.99 Å². The molecule has 1 fully saturated rings. The zero-order valence-electron chi connectivity index (χ0n) is 17.8. The molecule has 0 bridgehead atoms. The van der Waals surface area contributed by atoms with Gasteiger partial charge < -0.3 is 4.74 Å². The van der Waals surface area contributed by atoms with E-state index in [0.29, 0.717) is 26.8 Å². The zero-order chi connectivity index (χ0) is 23.3. The van der Waals surface area contributed by atoms with Gasteiger partial charge in [0, 0.05) is 16.6 Å². The van der Waals surface area contributed by atoms with Crippen molar-refractivity contribution >= 4 is 62.7 Å². The number of carbonyl (C=O) groups excluding carboxylic acids is 1. The van der Waals surface area contributed by atoms with Crippen LogP contribution in [0.4, 0.5) is 10.8 Å². The Morgan fingerprint density at radius 3 is 2.62 bits per heavy atom. The van der Waals surface area contributed by atoms with Gasteiger partial charge in [-0.3, -0.25) is 9.69 Å². The van der Waals surface area contributed by atoms with Gasteiger partial charge in [0.25, 0.3) is 5.91 Å². The standard InChI is InChI=1S/C26H18ClN3O2S2/c27-20-11-9-18(10-12-20)17-32-22-8-4-5-19(15-22)16-23-24(31)30(21-6-2-1-3-7-21)26(34-23)29-25-28-13-14-33-25/h1-16H,17H2/b23-16-,29-26+. The second kappa shape index (κ2) is 10.3. The summed E-state index contributed by atoms with van der Waals surface area (Å²) in [6, 6.07) is 24.7. The van der Waals surface area contributed by atoms with Crippen molar-refractivity contribution in [1.29, 1.82) is 0 Å². The third-order valence-corrected chi connectivity index (χ3v) is 6.79. The maximum atomic E-state index is 13.4. The van der Waals surface area contributed by atoms with Crippen LogP contribution in [0.1, 0.15) is 11.1 Å². The van der Waals surface area contributed by atoms with E-state index in [0.717, 1.165) is 22.6 Å². The highest BCUT2D eigenvalue weighted by atomic mass is 35.5. The van der Waals surface area contributed by atoms with Crippen LogP contribution < -0.4 is 9.64 Å². The molecular weight excluding hydrogens is 486 g/mol. The molecule has 3 aromatic carbocycles. The van der Waals surface area contributed by atoms with Crippen LogP contribution in [0.2, 0.25) is 5.02 Å². The molecule has 1 aliphatic rings. The Kier molecular flexibility index (Phi) is 6.76. The lowest BCUT2D eigenvalue weighted by Gasteiger charge is -2.14. The van der Waals surface area contributed by atoms with E-state index < -0.39 is 0 Å². The number of halogens is 1. The summed E-state index contributed by atoms with van der Waals surface area (Å²) in [4.78, 5) is 24.4. The van der Waals surface area contributed by atoms with Gasteiger partial charge in [-0.05, 0) is 65.4 Å². The average Bonchev–Trinajstić information content (AvgIpc) is 3.47. The smallest absolute Gasteiger partial charge is 0.271 e. The minimum absolute atomic E-state index is 0.126. The number of nitrogens with zero attached hydrogens (tertiary/aromatic N) is 3. The predicted octanol–water partition coefficient (Wildman–Crippen LogP) is 7.18. The Hall–Kier alpha value is -3.39. The summed E-state index contributed by atoms with van der Waals surface area (Å²) in [5.41, 5.74) is 2.66. The van der Waals surface area contributed by atoms with Crippen molar-refractivity contribution < 1.29 is 9.53 Å². The van der Waals surface area contributed by atoms with Crippen LogP contribution in [0.3, 0.4) is 0 Å². The van der Waals surface area contributed by atoms with Crippen LogP contribution in [0.15, 0.2) is 100 Å². The van der Waals surface area contributed by atoms with E-state index in [2.05, 4.69) is 9.98 Å². The molecule has 1 saturated heterocycles. The van der Waals surface area contributed by atoms with Gasteiger partial charge in [-0.1, -0.05) is 54.1 Å². The number of ether oxygens (including phenoxy) is 1. The van der Waals surface area contributed by atoms with E-state index in [1.165, 1.54) is 23.1 Å². The molecule has 1 amide bonds. The highest BCUT2D eigenvalue weighted by Crippen LogP contribution is 2.37. The number of thiazole rings is 1. The average molecular weight is 504 g/mol. The number of aliphatic imine (C=N–C) groups is 1. The normalized spacial score (nSPS) is 15.9. The molecule has 168 valence electrons. The van der Waals surface area contributed by atoms with Crippen molar-refractivity contribution in [2.45, 2.75) is 6.61 Å². The molecule has 0 N–H and O–H groups in total. The lowest BCUT2D eigenvalue weighted by molar-refractivity contribution is -0.113. The first-order valence-electron chi connectivity index (χ1n) is 10.4. The SMILES string of the molecule is O=C1/C(=C/c2cccc(OCc3ccc(Cl)cc3)c2)S/C(=N/c2nccs2)N1c1ccccc1. The molecule has 0 unspecified atom stereocenters. The van der Waals surface area contributed by atoms with Crippen LogP contribution in [0.5, 0.6) is 5.75 Å². The summed E-state index contributed by atoms with van der Waals surface area (Å²) >= 11 is 8.71. The van der Waals surface area contributed by atoms with E-state index >= 15 is 0 Å². The van der Waals surface area contributed by atoms with Crippen LogP contribution in [-0.2, 0) is 11.4 Å². The molecule has 8 heteroatoms. The summed E-state index contributed by atoms with van der Waals surface area (Å²) in [6.07, 6.45) is 3.56. The largest absolute Gasteiger partial charge is 0.489 e. The second-order valence-electron chi connectivity index (χ2n) is 7.28. The van der Waals surface area contributed by atoms with Crippen molar-refractivity contribution in [3.8, 4) is 5.75 Å². The van der Waals surface area contributed by atoms with Gasteiger partial charge >= 0.3 is 0 Å². The molecule has 0 radical (unpaired) electrons. The zero-order valence-corrected chi connectivity index (χ0v) is 20.2. The van der Waals surface area contributed by atoms with E-state index in [1.54, 1.807) is 11.1 Å². The summed E-state index contributed by atoms with van der Waals surface area (Å²) in [7, 11) is 0. The molecule has 0 aliphatic carbocycles. The van der Waals surface area contributed by atoms with E-state index in [-0.39, 0.29) is 5.91 Å².